The van der Waals surface area contributed by atoms with Crippen molar-refractivity contribution in [1.29, 1.82) is 0 Å². The maximum absolute atomic E-state index is 9.79. The molecule has 0 saturated carbocycles. The molecule has 10 heteroatoms. The minimum Gasteiger partial charge on any atom is -0.311 e. The van der Waals surface area contributed by atoms with Crippen LogP contribution in [0.3, 0.4) is 0 Å². The molecule has 0 aromatic rings. The highest BCUT2D eigenvalue weighted by Crippen LogP contribution is 2.39. The normalized spacial score (nSPS) is 13.6. The fourth-order valence-electron chi connectivity index (χ4n) is 0.106. The Hall–Kier alpha value is 0.220. The van der Waals surface area contributed by atoms with Crippen LogP contribution in [0, 0.1) is 0 Å². The summed E-state index contributed by atoms with van der Waals surface area (Å²) in [4.78, 5) is 31.6. The van der Waals surface area contributed by atoms with E-state index in [1.54, 1.807) is 0 Å². The number of hydrogen-bond donors (Lipinski definition) is 5. The Labute approximate surface area is 55.2 Å². The third-order valence-electron chi connectivity index (χ3n) is 0.279. The summed E-state index contributed by atoms with van der Waals surface area (Å²) in [6, 6.07) is 0. The van der Waals surface area contributed by atoms with Crippen molar-refractivity contribution in [3.05, 3.63) is 0 Å². The van der Waals surface area contributed by atoms with Gasteiger partial charge in [-0.1, -0.05) is 5.25 Å². The van der Waals surface area contributed by atoms with E-state index in [0.29, 0.717) is 0 Å². The number of rotatable bonds is 3. The Kier molecular flexibility index (Phi) is 3.15. The zero-order chi connectivity index (χ0) is 8.41. The van der Waals surface area contributed by atoms with Crippen LogP contribution in [0.5, 0.6) is 0 Å². The van der Waals surface area contributed by atoms with Crippen LogP contribution in [0.15, 0.2) is 0 Å². The average molecular weight is 193 g/mol. The van der Waals surface area contributed by atoms with Crippen molar-refractivity contribution in [2.45, 2.75) is 0 Å². The first-order chi connectivity index (χ1) is 4.21. The molecule has 0 aromatic carbocycles. The molecule has 5 N–H and O–H groups in total. The van der Waals surface area contributed by atoms with Gasteiger partial charge in [0.2, 0.25) is 0 Å². The van der Waals surface area contributed by atoms with Gasteiger partial charge in [0.25, 0.3) is 0 Å². The molecule has 0 aromatic heterocycles. The van der Waals surface area contributed by atoms with Gasteiger partial charge in [-0.2, -0.15) is 4.62 Å². The van der Waals surface area contributed by atoms with Crippen molar-refractivity contribution in [1.82, 2.24) is 5.25 Å². The Morgan fingerprint density at radius 3 is 1.60 bits per heavy atom. The smallest absolute Gasteiger partial charge is 0.311 e. The second-order valence-electron chi connectivity index (χ2n) is 1.22. The second-order valence-corrected chi connectivity index (χ2v) is 3.65. The maximum Gasteiger partial charge on any atom is 0.486 e. The Morgan fingerprint density at radius 2 is 1.50 bits per heavy atom. The van der Waals surface area contributed by atoms with Crippen LogP contribution in [0.25, 0.3) is 0 Å². The molecular weight excluding hydrogens is 188 g/mol. The standard InChI is InChI=1S/H5NO7P2/c2-9(3,4)1-8-10(5,6)7/h(H2,5,6,7)(H3,1,2,3,4). The fraction of sp³-hybridized carbons (Fsp3) is 0. The van der Waals surface area contributed by atoms with E-state index < -0.39 is 15.6 Å². The van der Waals surface area contributed by atoms with Crippen molar-refractivity contribution in [2.24, 2.45) is 0 Å². The van der Waals surface area contributed by atoms with E-state index in [1.165, 1.54) is 0 Å². The van der Waals surface area contributed by atoms with Gasteiger partial charge in [-0.05, 0) is 0 Å². The van der Waals surface area contributed by atoms with Crippen LogP contribution in [-0.2, 0) is 13.8 Å². The predicted molar refractivity (Wildman–Crippen MR) is 28.3 cm³/mol. The van der Waals surface area contributed by atoms with Crippen LogP contribution in [0.1, 0.15) is 0 Å². The van der Waals surface area contributed by atoms with Gasteiger partial charge in [0.05, 0.1) is 0 Å². The van der Waals surface area contributed by atoms with Crippen LogP contribution >= 0.6 is 15.6 Å². The largest absolute Gasteiger partial charge is 0.486 e. The van der Waals surface area contributed by atoms with Gasteiger partial charge in [-0.25, -0.2) is 9.13 Å². The molecule has 0 aliphatic heterocycles. The van der Waals surface area contributed by atoms with Gasteiger partial charge < -0.3 is 19.6 Å². The topological polar surface area (TPSA) is 136 Å². The molecule has 0 fully saturated rings. The Morgan fingerprint density at radius 1 is 1.10 bits per heavy atom. The van der Waals surface area contributed by atoms with Crippen LogP contribution < -0.4 is 5.25 Å². The van der Waals surface area contributed by atoms with Gasteiger partial charge in [0.15, 0.2) is 0 Å². The Balaban J connectivity index is 3.79. The summed E-state index contributed by atoms with van der Waals surface area (Å²) in [6.07, 6.45) is 0. The zero-order valence-electron chi connectivity index (χ0n) is 4.41. The second kappa shape index (κ2) is 3.08. The highest BCUT2D eigenvalue weighted by molar-refractivity contribution is 7.51. The van der Waals surface area contributed by atoms with Crippen LogP contribution in [-0.4, -0.2) is 19.6 Å². The van der Waals surface area contributed by atoms with Crippen molar-refractivity contribution in [3.8, 4) is 0 Å². The van der Waals surface area contributed by atoms with Gasteiger partial charge >= 0.3 is 15.6 Å². The lowest BCUT2D eigenvalue weighted by Gasteiger charge is -2.05. The summed E-state index contributed by atoms with van der Waals surface area (Å²) in [7, 11) is -9.59. The zero-order valence-corrected chi connectivity index (χ0v) is 6.20. The molecule has 0 spiro atoms. The highest BCUT2D eigenvalue weighted by atomic mass is 31.2. The molecule has 0 heterocycles. The fourth-order valence-corrected chi connectivity index (χ4v) is 0.957. The molecule has 0 aliphatic carbocycles. The third-order valence-corrected chi connectivity index (χ3v) is 1.08. The van der Waals surface area contributed by atoms with Crippen molar-refractivity contribution in [3.63, 3.8) is 0 Å². The monoisotopic (exact) mass is 193 g/mol. The van der Waals surface area contributed by atoms with E-state index >= 15 is 0 Å². The van der Waals surface area contributed by atoms with Crippen LogP contribution in [0.2, 0.25) is 0 Å². The quantitative estimate of drug-likeness (QED) is 0.275. The lowest BCUT2D eigenvalue weighted by Crippen LogP contribution is -2.08. The first-order valence-corrected chi connectivity index (χ1v) is 4.92. The van der Waals surface area contributed by atoms with Crippen molar-refractivity contribution in [2.75, 3.05) is 0 Å². The van der Waals surface area contributed by atoms with Gasteiger partial charge in [-0.15, -0.1) is 0 Å². The molecule has 0 atom stereocenters. The van der Waals surface area contributed by atoms with Crippen molar-refractivity contribution < 1.29 is 33.3 Å². The summed E-state index contributed by atoms with van der Waals surface area (Å²) in [5.41, 5.74) is 0. The molecule has 0 saturated heterocycles. The molecule has 0 radical (unpaired) electrons. The molecule has 8 nitrogen and oxygen atoms in total. The number of hydrogen-bond acceptors (Lipinski definition) is 3. The number of phosphoric acid groups is 1. The molecule has 0 amide bonds. The first kappa shape index (κ1) is 10.2. The maximum atomic E-state index is 9.79. The van der Waals surface area contributed by atoms with Gasteiger partial charge in [0.1, 0.15) is 0 Å². The lowest BCUT2D eigenvalue weighted by molar-refractivity contribution is 0.146. The van der Waals surface area contributed by atoms with Gasteiger partial charge in [0, 0.05) is 0 Å². The third kappa shape index (κ3) is 8.22. The average Bonchev–Trinajstić information content (AvgIpc) is 1.57. The summed E-state index contributed by atoms with van der Waals surface area (Å²) in [5.74, 6) is 0. The summed E-state index contributed by atoms with van der Waals surface area (Å²) in [6.45, 7) is 0. The van der Waals surface area contributed by atoms with E-state index in [1.807, 2.05) is 0 Å². The minimum absolute atomic E-state index is 0.865. The summed E-state index contributed by atoms with van der Waals surface area (Å²) >= 11 is 0. The molecule has 0 bridgehead atoms. The van der Waals surface area contributed by atoms with Gasteiger partial charge in [-0.3, -0.25) is 0 Å². The van der Waals surface area contributed by atoms with E-state index in [9.17, 15) is 9.13 Å². The molecule has 0 rings (SSSR count). The summed E-state index contributed by atoms with van der Waals surface area (Å²) < 4.78 is 22.8. The van der Waals surface area contributed by atoms with E-state index in [0.717, 1.165) is 5.25 Å². The lowest BCUT2D eigenvalue weighted by atomic mass is 13.5. The molecule has 10 heavy (non-hydrogen) atoms. The molecule has 0 aliphatic rings. The Bertz CT molecular complexity index is 162. The van der Waals surface area contributed by atoms with E-state index in [4.69, 9.17) is 19.6 Å². The first-order valence-electron chi connectivity index (χ1n) is 1.78. The summed E-state index contributed by atoms with van der Waals surface area (Å²) in [5, 5.41) is 0.865. The molecule has 62 valence electrons. The minimum atomic E-state index is -4.87. The highest BCUT2D eigenvalue weighted by Gasteiger charge is 2.21. The number of nitrogens with one attached hydrogen (secondary N) is 1. The van der Waals surface area contributed by atoms with E-state index in [-0.39, 0.29) is 0 Å². The van der Waals surface area contributed by atoms with E-state index in [2.05, 4.69) is 4.62 Å². The predicted octanol–water partition coefficient (Wildman–Crippen LogP) is -1.31. The van der Waals surface area contributed by atoms with Crippen LogP contribution in [0.4, 0.5) is 0 Å². The van der Waals surface area contributed by atoms with Crippen molar-refractivity contribution >= 4 is 15.6 Å². The molecule has 0 unspecified atom stereocenters. The SMILES string of the molecule is O=P(O)(O)NOP(=O)(O)O. The molecular formula is H5NO7P2.